The summed E-state index contributed by atoms with van der Waals surface area (Å²) < 4.78 is 0. The lowest BCUT2D eigenvalue weighted by molar-refractivity contribution is 0.757. The Morgan fingerprint density at radius 1 is 1.25 bits per heavy atom. The van der Waals surface area contributed by atoms with Crippen molar-refractivity contribution in [3.63, 3.8) is 0 Å². The molecule has 0 fully saturated rings. The van der Waals surface area contributed by atoms with Gasteiger partial charge in [-0.2, -0.15) is 0 Å². The van der Waals surface area contributed by atoms with Crippen molar-refractivity contribution in [2.45, 2.75) is 12.3 Å². The number of nitrogens with two attached hydrogens (primary N) is 1. The zero-order chi connectivity index (χ0) is 8.39. The number of allylic oxidation sites excluding steroid dienone is 1. The van der Waals surface area contributed by atoms with Crippen LogP contribution in [0.3, 0.4) is 0 Å². The van der Waals surface area contributed by atoms with Crippen LogP contribution in [-0.4, -0.2) is 6.54 Å². The summed E-state index contributed by atoms with van der Waals surface area (Å²) in [5, 5.41) is 0. The first-order valence-electron chi connectivity index (χ1n) is 4.39. The van der Waals surface area contributed by atoms with E-state index in [1.165, 1.54) is 11.1 Å². The largest absolute Gasteiger partial charge is 0.330 e. The Morgan fingerprint density at radius 3 is 2.92 bits per heavy atom. The summed E-state index contributed by atoms with van der Waals surface area (Å²) in [6, 6.07) is 8.52. The van der Waals surface area contributed by atoms with Gasteiger partial charge in [0.15, 0.2) is 0 Å². The van der Waals surface area contributed by atoms with Crippen molar-refractivity contribution in [3.8, 4) is 0 Å². The second kappa shape index (κ2) is 3.11. The zero-order valence-corrected chi connectivity index (χ0v) is 7.03. The van der Waals surface area contributed by atoms with E-state index in [0.717, 1.165) is 13.0 Å². The predicted octanol–water partition coefficient (Wildman–Crippen LogP) is 2.15. The van der Waals surface area contributed by atoms with Crippen molar-refractivity contribution in [2.24, 2.45) is 5.73 Å². The number of benzene rings is 1. The van der Waals surface area contributed by atoms with E-state index in [4.69, 9.17) is 5.73 Å². The van der Waals surface area contributed by atoms with Gasteiger partial charge in [-0.25, -0.2) is 0 Å². The molecule has 2 N–H and O–H groups in total. The lowest BCUT2D eigenvalue weighted by atomic mass is 9.98. The number of rotatable bonds is 2. The van der Waals surface area contributed by atoms with E-state index in [9.17, 15) is 0 Å². The second-order valence-electron chi connectivity index (χ2n) is 3.17. The molecular weight excluding hydrogens is 146 g/mol. The lowest BCUT2D eigenvalue weighted by Crippen LogP contribution is -2.04. The molecule has 0 radical (unpaired) electrons. The fourth-order valence-electron chi connectivity index (χ4n) is 1.76. The van der Waals surface area contributed by atoms with Crippen LogP contribution in [0, 0.1) is 0 Å². The van der Waals surface area contributed by atoms with Crippen molar-refractivity contribution in [1.82, 2.24) is 0 Å². The molecule has 0 aromatic heterocycles. The average molecular weight is 159 g/mol. The second-order valence-corrected chi connectivity index (χ2v) is 3.17. The van der Waals surface area contributed by atoms with Crippen LogP contribution in [0.2, 0.25) is 0 Å². The molecule has 1 nitrogen and oxygen atoms in total. The van der Waals surface area contributed by atoms with Gasteiger partial charge in [0.2, 0.25) is 0 Å². The molecule has 1 heteroatoms. The van der Waals surface area contributed by atoms with Gasteiger partial charge in [0, 0.05) is 5.92 Å². The molecule has 12 heavy (non-hydrogen) atoms. The first-order valence-corrected chi connectivity index (χ1v) is 4.39. The van der Waals surface area contributed by atoms with E-state index < -0.39 is 0 Å². The number of hydrogen-bond donors (Lipinski definition) is 1. The first kappa shape index (κ1) is 7.56. The summed E-state index contributed by atoms with van der Waals surface area (Å²) >= 11 is 0. The van der Waals surface area contributed by atoms with Gasteiger partial charge in [0.25, 0.3) is 0 Å². The van der Waals surface area contributed by atoms with Gasteiger partial charge in [0.1, 0.15) is 0 Å². The van der Waals surface area contributed by atoms with Gasteiger partial charge in [-0.1, -0.05) is 36.4 Å². The normalized spacial score (nSPS) is 19.6. The molecule has 0 amide bonds. The molecule has 0 spiro atoms. The highest BCUT2D eigenvalue weighted by atomic mass is 14.5. The van der Waals surface area contributed by atoms with Crippen molar-refractivity contribution < 1.29 is 0 Å². The van der Waals surface area contributed by atoms with Crippen LogP contribution < -0.4 is 5.73 Å². The first-order chi connectivity index (χ1) is 5.92. The quantitative estimate of drug-likeness (QED) is 0.703. The molecule has 0 bridgehead atoms. The SMILES string of the molecule is NCCC1C=Cc2ccccc21. The fourth-order valence-corrected chi connectivity index (χ4v) is 1.76. The summed E-state index contributed by atoms with van der Waals surface area (Å²) in [5.41, 5.74) is 8.32. The molecule has 2 rings (SSSR count). The molecule has 0 saturated carbocycles. The summed E-state index contributed by atoms with van der Waals surface area (Å²) in [5.74, 6) is 0.561. The smallest absolute Gasteiger partial charge is 0.00392 e. The maximum Gasteiger partial charge on any atom is 0.00392 e. The van der Waals surface area contributed by atoms with Gasteiger partial charge in [0.05, 0.1) is 0 Å². The zero-order valence-electron chi connectivity index (χ0n) is 7.03. The molecule has 1 aromatic carbocycles. The monoisotopic (exact) mass is 159 g/mol. The van der Waals surface area contributed by atoms with Crippen molar-refractivity contribution >= 4 is 6.08 Å². The van der Waals surface area contributed by atoms with E-state index in [1.807, 2.05) is 0 Å². The third-order valence-corrected chi connectivity index (χ3v) is 2.38. The summed E-state index contributed by atoms with van der Waals surface area (Å²) in [4.78, 5) is 0. The Bertz CT molecular complexity index is 302. The molecular formula is C11H13N. The predicted molar refractivity (Wildman–Crippen MR) is 51.9 cm³/mol. The van der Waals surface area contributed by atoms with E-state index in [-0.39, 0.29) is 0 Å². The Morgan fingerprint density at radius 2 is 2.08 bits per heavy atom. The van der Waals surface area contributed by atoms with E-state index in [0.29, 0.717) is 5.92 Å². The van der Waals surface area contributed by atoms with Crippen LogP contribution in [0.25, 0.3) is 6.08 Å². The standard InChI is InChI=1S/C11H13N/c12-8-7-10-6-5-9-3-1-2-4-11(9)10/h1-6,10H,7-8,12H2. The van der Waals surface area contributed by atoms with Crippen molar-refractivity contribution in [2.75, 3.05) is 6.54 Å². The minimum Gasteiger partial charge on any atom is -0.330 e. The minimum atomic E-state index is 0.561. The van der Waals surface area contributed by atoms with Gasteiger partial charge in [-0.15, -0.1) is 0 Å². The minimum absolute atomic E-state index is 0.561. The highest BCUT2D eigenvalue weighted by Crippen LogP contribution is 2.31. The topological polar surface area (TPSA) is 26.0 Å². The Kier molecular flexibility index (Phi) is 1.96. The third kappa shape index (κ3) is 1.16. The lowest BCUT2D eigenvalue weighted by Gasteiger charge is -2.08. The Hall–Kier alpha value is -1.08. The molecule has 1 aromatic rings. The van der Waals surface area contributed by atoms with Crippen LogP contribution in [0.4, 0.5) is 0 Å². The molecule has 0 heterocycles. The molecule has 0 aliphatic heterocycles. The average Bonchev–Trinajstić information content (AvgIpc) is 2.50. The van der Waals surface area contributed by atoms with Crippen LogP contribution in [0.15, 0.2) is 30.3 Å². The van der Waals surface area contributed by atoms with Crippen LogP contribution in [0.5, 0.6) is 0 Å². The Balaban J connectivity index is 2.30. The van der Waals surface area contributed by atoms with Gasteiger partial charge >= 0.3 is 0 Å². The summed E-state index contributed by atoms with van der Waals surface area (Å²) in [6.45, 7) is 0.767. The molecule has 1 aliphatic carbocycles. The van der Waals surface area contributed by atoms with E-state index in [2.05, 4.69) is 36.4 Å². The summed E-state index contributed by atoms with van der Waals surface area (Å²) in [6.07, 6.45) is 5.50. The molecule has 1 aliphatic rings. The van der Waals surface area contributed by atoms with Crippen molar-refractivity contribution in [1.29, 1.82) is 0 Å². The number of hydrogen-bond acceptors (Lipinski definition) is 1. The molecule has 1 unspecified atom stereocenters. The number of fused-ring (bicyclic) bond motifs is 1. The fraction of sp³-hybridized carbons (Fsp3) is 0.273. The van der Waals surface area contributed by atoms with Gasteiger partial charge in [-0.3, -0.25) is 0 Å². The highest BCUT2D eigenvalue weighted by Gasteiger charge is 2.14. The van der Waals surface area contributed by atoms with Crippen molar-refractivity contribution in [3.05, 3.63) is 41.5 Å². The Labute approximate surface area is 72.9 Å². The van der Waals surface area contributed by atoms with E-state index >= 15 is 0 Å². The van der Waals surface area contributed by atoms with Crippen LogP contribution in [0.1, 0.15) is 23.5 Å². The third-order valence-electron chi connectivity index (χ3n) is 2.38. The van der Waals surface area contributed by atoms with Gasteiger partial charge < -0.3 is 5.73 Å². The molecule has 62 valence electrons. The highest BCUT2D eigenvalue weighted by molar-refractivity contribution is 5.62. The molecule has 1 atom stereocenters. The van der Waals surface area contributed by atoms with Crippen LogP contribution >= 0.6 is 0 Å². The maximum atomic E-state index is 5.53. The summed E-state index contributed by atoms with van der Waals surface area (Å²) in [7, 11) is 0. The molecule has 0 saturated heterocycles. The van der Waals surface area contributed by atoms with Crippen LogP contribution in [-0.2, 0) is 0 Å². The van der Waals surface area contributed by atoms with Gasteiger partial charge in [-0.05, 0) is 24.1 Å². The maximum absolute atomic E-state index is 5.53. The van der Waals surface area contributed by atoms with E-state index in [1.54, 1.807) is 0 Å².